The van der Waals surface area contributed by atoms with Crippen LogP contribution in [0.1, 0.15) is 23.0 Å². The van der Waals surface area contributed by atoms with Crippen LogP contribution in [0.4, 0.5) is 13.2 Å². The molecule has 11 heteroatoms. The molecule has 0 spiro atoms. The number of benzene rings is 1. The Morgan fingerprint density at radius 3 is 2.31 bits per heavy atom. The highest BCUT2D eigenvalue weighted by molar-refractivity contribution is 7.88. The number of aromatic nitrogens is 2. The molecule has 0 N–H and O–H groups in total. The van der Waals surface area contributed by atoms with E-state index in [1.807, 2.05) is 0 Å². The van der Waals surface area contributed by atoms with E-state index in [0.717, 1.165) is 10.2 Å². The van der Waals surface area contributed by atoms with Crippen LogP contribution in [0, 0.1) is 6.92 Å². The third-order valence-electron chi connectivity index (χ3n) is 3.27. The van der Waals surface area contributed by atoms with Gasteiger partial charge in [0, 0.05) is 12.6 Å². The number of hydrogen-bond acceptors (Lipinski definition) is 6. The molecule has 0 atom stereocenters. The fraction of sp³-hybridized carbons (Fsp3) is 0.333. The van der Waals surface area contributed by atoms with Crippen LogP contribution in [0.15, 0.2) is 24.3 Å². The van der Waals surface area contributed by atoms with Crippen molar-refractivity contribution in [2.24, 2.45) is 7.05 Å². The second kappa shape index (κ2) is 6.98. The summed E-state index contributed by atoms with van der Waals surface area (Å²) < 4.78 is 71.2. The van der Waals surface area contributed by atoms with E-state index in [1.165, 1.54) is 26.1 Å². The van der Waals surface area contributed by atoms with E-state index in [0.29, 0.717) is 5.56 Å². The van der Waals surface area contributed by atoms with Gasteiger partial charge in [-0.1, -0.05) is 29.8 Å². The lowest BCUT2D eigenvalue weighted by Crippen LogP contribution is -2.28. The second-order valence-corrected chi connectivity index (χ2v) is 6.76. The molecule has 1 heterocycles. The Balaban J connectivity index is 2.68. The number of nitrogens with zero attached hydrogens (tertiary/aromatic N) is 2. The van der Waals surface area contributed by atoms with Crippen molar-refractivity contribution < 1.29 is 35.3 Å². The standard InChI is InChI=1S/C15H15F3N2O5S/c1-4-24-14(21)11-13(25-26(22,23)15(16,17)18)12(20(3)19-11)10-7-5-9(2)6-8-10/h5-8H,4H2,1-3H3. The molecule has 0 saturated carbocycles. The summed E-state index contributed by atoms with van der Waals surface area (Å²) in [4.78, 5) is 12.0. The van der Waals surface area contributed by atoms with Crippen molar-refractivity contribution in [3.63, 3.8) is 0 Å². The highest BCUT2D eigenvalue weighted by atomic mass is 32.2. The van der Waals surface area contributed by atoms with E-state index in [4.69, 9.17) is 4.74 Å². The van der Waals surface area contributed by atoms with Crippen LogP contribution in [-0.2, 0) is 21.9 Å². The molecule has 26 heavy (non-hydrogen) atoms. The third kappa shape index (κ3) is 3.82. The molecule has 0 radical (unpaired) electrons. The molecule has 2 rings (SSSR count). The van der Waals surface area contributed by atoms with Crippen LogP contribution in [0.3, 0.4) is 0 Å². The number of hydrogen-bond donors (Lipinski definition) is 0. The van der Waals surface area contributed by atoms with Crippen LogP contribution in [0.5, 0.6) is 5.75 Å². The molecule has 1 aromatic carbocycles. The molecule has 1 aromatic heterocycles. The Labute approximate surface area is 147 Å². The Bertz CT molecular complexity index is 918. The van der Waals surface area contributed by atoms with Crippen LogP contribution >= 0.6 is 0 Å². The number of rotatable bonds is 5. The summed E-state index contributed by atoms with van der Waals surface area (Å²) in [5.41, 5.74) is -5.27. The lowest BCUT2D eigenvalue weighted by molar-refractivity contribution is -0.0500. The smallest absolute Gasteiger partial charge is 0.461 e. The topological polar surface area (TPSA) is 87.5 Å². The maximum absolute atomic E-state index is 12.7. The van der Waals surface area contributed by atoms with E-state index in [-0.39, 0.29) is 12.3 Å². The van der Waals surface area contributed by atoms with E-state index in [9.17, 15) is 26.4 Å². The fourth-order valence-electron chi connectivity index (χ4n) is 2.10. The molecule has 0 fully saturated rings. The molecular weight excluding hydrogens is 377 g/mol. The Hall–Kier alpha value is -2.56. The van der Waals surface area contributed by atoms with Gasteiger partial charge in [-0.05, 0) is 13.8 Å². The minimum Gasteiger partial charge on any atom is -0.461 e. The van der Waals surface area contributed by atoms with Crippen LogP contribution in [-0.4, -0.2) is 36.3 Å². The predicted molar refractivity (Wildman–Crippen MR) is 84.9 cm³/mol. The summed E-state index contributed by atoms with van der Waals surface area (Å²) >= 11 is 0. The maximum Gasteiger partial charge on any atom is 0.534 e. The van der Waals surface area contributed by atoms with Crippen molar-refractivity contribution in [2.45, 2.75) is 19.4 Å². The van der Waals surface area contributed by atoms with Crippen molar-refractivity contribution in [2.75, 3.05) is 6.61 Å². The molecule has 0 aliphatic heterocycles. The highest BCUT2D eigenvalue weighted by Gasteiger charge is 2.50. The third-order valence-corrected chi connectivity index (χ3v) is 4.23. The van der Waals surface area contributed by atoms with Gasteiger partial charge in [0.15, 0.2) is 0 Å². The molecule has 7 nitrogen and oxygen atoms in total. The Morgan fingerprint density at radius 1 is 1.23 bits per heavy atom. The summed E-state index contributed by atoms with van der Waals surface area (Å²) in [6.07, 6.45) is 0. The first-order valence-electron chi connectivity index (χ1n) is 7.30. The van der Waals surface area contributed by atoms with E-state index in [2.05, 4.69) is 9.28 Å². The zero-order valence-corrected chi connectivity index (χ0v) is 14.8. The molecular formula is C15H15F3N2O5S. The number of alkyl halides is 3. The molecule has 0 aliphatic carbocycles. The van der Waals surface area contributed by atoms with Gasteiger partial charge in [0.25, 0.3) is 0 Å². The summed E-state index contributed by atoms with van der Waals surface area (Å²) in [6, 6.07) is 6.39. The normalized spacial score (nSPS) is 12.1. The second-order valence-electron chi connectivity index (χ2n) is 5.22. The molecule has 0 bridgehead atoms. The van der Waals surface area contributed by atoms with Crippen molar-refractivity contribution in [1.82, 2.24) is 9.78 Å². The molecule has 0 aliphatic rings. The van der Waals surface area contributed by atoms with Gasteiger partial charge in [-0.15, -0.1) is 0 Å². The zero-order valence-electron chi connectivity index (χ0n) is 14.0. The van der Waals surface area contributed by atoms with Gasteiger partial charge in [0.2, 0.25) is 11.4 Å². The van der Waals surface area contributed by atoms with Gasteiger partial charge in [-0.2, -0.15) is 26.7 Å². The highest BCUT2D eigenvalue weighted by Crippen LogP contribution is 2.37. The summed E-state index contributed by atoms with van der Waals surface area (Å²) in [6.45, 7) is 3.19. The average molecular weight is 392 g/mol. The maximum atomic E-state index is 12.7. The van der Waals surface area contributed by atoms with Gasteiger partial charge in [-0.25, -0.2) is 4.79 Å². The number of carbonyl (C=O) groups excluding carboxylic acids is 1. The number of carbonyl (C=O) groups is 1. The zero-order chi connectivity index (χ0) is 19.7. The fourth-order valence-corrected chi connectivity index (χ4v) is 2.57. The quantitative estimate of drug-likeness (QED) is 0.442. The van der Waals surface area contributed by atoms with Crippen molar-refractivity contribution in [3.05, 3.63) is 35.5 Å². The monoisotopic (exact) mass is 392 g/mol. The van der Waals surface area contributed by atoms with E-state index >= 15 is 0 Å². The Morgan fingerprint density at radius 2 is 1.81 bits per heavy atom. The van der Waals surface area contributed by atoms with E-state index in [1.54, 1.807) is 19.1 Å². The average Bonchev–Trinajstić information content (AvgIpc) is 2.83. The molecule has 0 amide bonds. The molecule has 0 unspecified atom stereocenters. The van der Waals surface area contributed by atoms with Crippen molar-refractivity contribution in [1.29, 1.82) is 0 Å². The first-order chi connectivity index (χ1) is 12.0. The number of ether oxygens (including phenoxy) is 1. The van der Waals surface area contributed by atoms with Gasteiger partial charge < -0.3 is 8.92 Å². The van der Waals surface area contributed by atoms with Crippen molar-refractivity contribution in [3.8, 4) is 17.0 Å². The SMILES string of the molecule is CCOC(=O)c1nn(C)c(-c2ccc(C)cc2)c1OS(=O)(=O)C(F)(F)F. The minimum atomic E-state index is -6.01. The first-order valence-corrected chi connectivity index (χ1v) is 8.70. The van der Waals surface area contributed by atoms with Gasteiger partial charge in [0.1, 0.15) is 5.69 Å². The summed E-state index contributed by atoms with van der Waals surface area (Å²) in [5.74, 6) is -1.94. The lowest BCUT2D eigenvalue weighted by Gasteiger charge is -2.11. The van der Waals surface area contributed by atoms with Crippen LogP contribution in [0.2, 0.25) is 0 Å². The van der Waals surface area contributed by atoms with Gasteiger partial charge >= 0.3 is 21.6 Å². The van der Waals surface area contributed by atoms with Crippen LogP contribution in [0.25, 0.3) is 11.3 Å². The predicted octanol–water partition coefficient (Wildman–Crippen LogP) is 2.80. The Kier molecular flexibility index (Phi) is 5.31. The molecule has 2 aromatic rings. The molecule has 142 valence electrons. The molecule has 0 saturated heterocycles. The minimum absolute atomic E-state index is 0.0826. The van der Waals surface area contributed by atoms with Gasteiger partial charge in [0.05, 0.1) is 6.61 Å². The largest absolute Gasteiger partial charge is 0.534 e. The first kappa shape index (κ1) is 19.8. The number of esters is 1. The van der Waals surface area contributed by atoms with Crippen molar-refractivity contribution >= 4 is 16.1 Å². The summed E-state index contributed by atoms with van der Waals surface area (Å²) in [5, 5.41) is 3.78. The number of halogens is 3. The lowest BCUT2D eigenvalue weighted by atomic mass is 10.1. The van der Waals surface area contributed by atoms with Gasteiger partial charge in [-0.3, -0.25) is 4.68 Å². The van der Waals surface area contributed by atoms with E-state index < -0.39 is 33.0 Å². The number of aryl methyl sites for hydroxylation is 2. The van der Waals surface area contributed by atoms with Crippen LogP contribution < -0.4 is 4.18 Å². The summed E-state index contributed by atoms with van der Waals surface area (Å²) in [7, 11) is -4.67.